The minimum Gasteiger partial charge on any atom is -0.326 e. The molecule has 0 spiro atoms. The molecule has 20 heavy (non-hydrogen) atoms. The van der Waals surface area contributed by atoms with Gasteiger partial charge in [-0.15, -0.1) is 0 Å². The van der Waals surface area contributed by atoms with Crippen molar-refractivity contribution in [3.63, 3.8) is 0 Å². The number of hydrogen-bond acceptors (Lipinski definition) is 2. The van der Waals surface area contributed by atoms with Crippen LogP contribution in [0.1, 0.15) is 57.6 Å². The van der Waals surface area contributed by atoms with Crippen LogP contribution in [-0.2, 0) is 0 Å². The third kappa shape index (κ3) is 3.63. The van der Waals surface area contributed by atoms with E-state index in [2.05, 4.69) is 58.9 Å². The summed E-state index contributed by atoms with van der Waals surface area (Å²) in [5.74, 6) is 0. The van der Waals surface area contributed by atoms with E-state index in [4.69, 9.17) is 5.73 Å². The van der Waals surface area contributed by atoms with Crippen LogP contribution in [0.3, 0.4) is 0 Å². The summed E-state index contributed by atoms with van der Waals surface area (Å²) in [5, 5.41) is 0. The predicted molar refractivity (Wildman–Crippen MR) is 89.8 cm³/mol. The molecule has 1 aliphatic rings. The van der Waals surface area contributed by atoms with E-state index in [0.29, 0.717) is 12.1 Å². The third-order valence-electron chi connectivity index (χ3n) is 4.57. The summed E-state index contributed by atoms with van der Waals surface area (Å²) in [6.45, 7) is 5.68. The van der Waals surface area contributed by atoms with Gasteiger partial charge in [-0.25, -0.2) is 0 Å². The molecular weight excluding hydrogens is 312 g/mol. The molecule has 0 saturated carbocycles. The molecule has 1 aromatic carbocycles. The van der Waals surface area contributed by atoms with E-state index in [9.17, 15) is 0 Å². The third-order valence-corrected chi connectivity index (χ3v) is 5.06. The molecule has 0 radical (unpaired) electrons. The summed E-state index contributed by atoms with van der Waals surface area (Å²) in [7, 11) is 0. The maximum absolute atomic E-state index is 6.49. The lowest BCUT2D eigenvalue weighted by Crippen LogP contribution is -2.48. The molecule has 1 saturated heterocycles. The highest BCUT2D eigenvalue weighted by molar-refractivity contribution is 9.10. The van der Waals surface area contributed by atoms with Gasteiger partial charge in [0.25, 0.3) is 0 Å². The van der Waals surface area contributed by atoms with E-state index in [0.717, 1.165) is 10.9 Å². The van der Waals surface area contributed by atoms with Crippen molar-refractivity contribution in [2.75, 3.05) is 6.54 Å². The van der Waals surface area contributed by atoms with Crippen LogP contribution in [0.2, 0.25) is 0 Å². The predicted octanol–water partition coefficient (Wildman–Crippen LogP) is 4.49. The van der Waals surface area contributed by atoms with Crippen LogP contribution < -0.4 is 5.73 Å². The minimum absolute atomic E-state index is 0.205. The van der Waals surface area contributed by atoms with Crippen molar-refractivity contribution in [3.05, 3.63) is 34.3 Å². The van der Waals surface area contributed by atoms with Crippen LogP contribution in [0.25, 0.3) is 0 Å². The smallest absolute Gasteiger partial charge is 0.0502 e. The van der Waals surface area contributed by atoms with Gasteiger partial charge < -0.3 is 5.73 Å². The standard InChI is InChI=1S/C17H27BrN2/c1-3-15-10-5-6-11-20(15)17(16(19)4-2)13-8-7-9-14(18)12-13/h7-9,12,15-17H,3-6,10-11,19H2,1-2H3. The lowest BCUT2D eigenvalue weighted by Gasteiger charge is -2.43. The molecule has 2 rings (SSSR count). The highest BCUT2D eigenvalue weighted by Gasteiger charge is 2.32. The average molecular weight is 339 g/mol. The van der Waals surface area contributed by atoms with E-state index in [1.54, 1.807) is 0 Å². The molecule has 0 aromatic heterocycles. The molecule has 2 N–H and O–H groups in total. The first-order chi connectivity index (χ1) is 9.67. The summed E-state index contributed by atoms with van der Waals surface area (Å²) in [6.07, 6.45) is 6.22. The molecule has 1 heterocycles. The topological polar surface area (TPSA) is 29.3 Å². The van der Waals surface area contributed by atoms with Crippen molar-refractivity contribution in [2.24, 2.45) is 5.73 Å². The van der Waals surface area contributed by atoms with Gasteiger partial charge in [0.15, 0.2) is 0 Å². The number of halogens is 1. The van der Waals surface area contributed by atoms with Crippen molar-refractivity contribution >= 4 is 15.9 Å². The molecule has 2 nitrogen and oxygen atoms in total. The number of nitrogens with zero attached hydrogens (tertiary/aromatic N) is 1. The first-order valence-corrected chi connectivity index (χ1v) is 8.73. The molecule has 1 fully saturated rings. The van der Waals surface area contributed by atoms with Gasteiger partial charge in [0.05, 0.1) is 6.04 Å². The molecule has 1 aromatic rings. The fourth-order valence-electron chi connectivity index (χ4n) is 3.43. The Morgan fingerprint density at radius 2 is 2.15 bits per heavy atom. The van der Waals surface area contributed by atoms with Gasteiger partial charge in [-0.05, 0) is 49.9 Å². The van der Waals surface area contributed by atoms with Crippen LogP contribution in [-0.4, -0.2) is 23.5 Å². The van der Waals surface area contributed by atoms with Crippen LogP contribution in [0, 0.1) is 0 Å². The highest BCUT2D eigenvalue weighted by Crippen LogP contribution is 2.33. The van der Waals surface area contributed by atoms with E-state index < -0.39 is 0 Å². The second-order valence-corrected chi connectivity index (χ2v) is 6.78. The van der Waals surface area contributed by atoms with Gasteiger partial charge in [-0.3, -0.25) is 4.90 Å². The van der Waals surface area contributed by atoms with Crippen molar-refractivity contribution in [2.45, 2.75) is 64.1 Å². The number of benzene rings is 1. The molecule has 3 atom stereocenters. The van der Waals surface area contributed by atoms with Gasteiger partial charge in [-0.2, -0.15) is 0 Å². The summed E-state index contributed by atoms with van der Waals surface area (Å²) < 4.78 is 1.15. The summed E-state index contributed by atoms with van der Waals surface area (Å²) >= 11 is 3.60. The van der Waals surface area contributed by atoms with Gasteiger partial charge in [0.1, 0.15) is 0 Å². The monoisotopic (exact) mass is 338 g/mol. The van der Waals surface area contributed by atoms with Gasteiger partial charge in [0, 0.05) is 16.6 Å². The summed E-state index contributed by atoms with van der Waals surface area (Å²) in [5.41, 5.74) is 7.85. The van der Waals surface area contributed by atoms with E-state index in [1.165, 1.54) is 37.8 Å². The molecular formula is C17H27BrN2. The molecule has 0 aliphatic carbocycles. The molecule has 3 heteroatoms. The summed E-state index contributed by atoms with van der Waals surface area (Å²) in [6, 6.07) is 9.92. The van der Waals surface area contributed by atoms with Crippen LogP contribution >= 0.6 is 15.9 Å². The van der Waals surface area contributed by atoms with Crippen molar-refractivity contribution in [3.8, 4) is 0 Å². The maximum atomic E-state index is 6.49. The zero-order valence-corrected chi connectivity index (χ0v) is 14.3. The fourth-order valence-corrected chi connectivity index (χ4v) is 3.84. The van der Waals surface area contributed by atoms with Crippen molar-refractivity contribution < 1.29 is 0 Å². The van der Waals surface area contributed by atoms with Crippen molar-refractivity contribution in [1.29, 1.82) is 0 Å². The van der Waals surface area contributed by atoms with E-state index in [1.807, 2.05) is 0 Å². The summed E-state index contributed by atoms with van der Waals surface area (Å²) in [4.78, 5) is 2.67. The van der Waals surface area contributed by atoms with Crippen LogP contribution in [0.4, 0.5) is 0 Å². The molecule has 1 aliphatic heterocycles. The highest BCUT2D eigenvalue weighted by atomic mass is 79.9. The Labute approximate surface area is 131 Å². The fraction of sp³-hybridized carbons (Fsp3) is 0.647. The first kappa shape index (κ1) is 16.0. The normalized spacial score (nSPS) is 23.5. The Bertz CT molecular complexity index is 421. The molecule has 0 amide bonds. The van der Waals surface area contributed by atoms with Gasteiger partial charge in [-0.1, -0.05) is 48.3 Å². The Kier molecular flexibility index (Phi) is 6.06. The zero-order valence-electron chi connectivity index (χ0n) is 12.7. The maximum Gasteiger partial charge on any atom is 0.0502 e. The minimum atomic E-state index is 0.205. The number of hydrogen-bond donors (Lipinski definition) is 1. The largest absolute Gasteiger partial charge is 0.326 e. The Morgan fingerprint density at radius 3 is 2.80 bits per heavy atom. The Morgan fingerprint density at radius 1 is 1.35 bits per heavy atom. The first-order valence-electron chi connectivity index (χ1n) is 7.94. The Hall–Kier alpha value is -0.380. The van der Waals surface area contributed by atoms with E-state index >= 15 is 0 Å². The molecule has 3 unspecified atom stereocenters. The quantitative estimate of drug-likeness (QED) is 0.856. The number of nitrogens with two attached hydrogens (primary N) is 1. The van der Waals surface area contributed by atoms with E-state index in [-0.39, 0.29) is 6.04 Å². The Balaban J connectivity index is 2.31. The molecule has 0 bridgehead atoms. The van der Waals surface area contributed by atoms with Gasteiger partial charge in [0.2, 0.25) is 0 Å². The SMILES string of the molecule is CCC(N)C(c1cccc(Br)c1)N1CCCCC1CC. The lowest BCUT2D eigenvalue weighted by atomic mass is 9.90. The van der Waals surface area contributed by atoms with Crippen LogP contribution in [0.15, 0.2) is 28.7 Å². The van der Waals surface area contributed by atoms with Crippen LogP contribution in [0.5, 0.6) is 0 Å². The lowest BCUT2D eigenvalue weighted by molar-refractivity contribution is 0.0757. The number of piperidine rings is 1. The number of rotatable bonds is 5. The van der Waals surface area contributed by atoms with Crippen molar-refractivity contribution in [1.82, 2.24) is 4.90 Å². The second kappa shape index (κ2) is 7.58. The van der Waals surface area contributed by atoms with Gasteiger partial charge >= 0.3 is 0 Å². The number of likely N-dealkylation sites (tertiary alicyclic amines) is 1. The average Bonchev–Trinajstić information content (AvgIpc) is 2.48. The zero-order chi connectivity index (χ0) is 14.5. The second-order valence-electron chi connectivity index (χ2n) is 5.87. The molecule has 112 valence electrons.